The molecule has 0 aliphatic rings. The highest BCUT2D eigenvalue weighted by Crippen LogP contribution is 2.26. The zero-order chi connectivity index (χ0) is 8.27. The van der Waals surface area contributed by atoms with Gasteiger partial charge in [0.25, 0.3) is 0 Å². The largest absolute Gasteiger partial charge is 0.479 e. The molecule has 0 spiro atoms. The first kappa shape index (κ1) is 8.38. The second-order valence-electron chi connectivity index (χ2n) is 1.88. The Morgan fingerprint density at radius 2 is 2.45 bits per heavy atom. The lowest BCUT2D eigenvalue weighted by Gasteiger charge is -2.05. The number of pyridine rings is 1. The van der Waals surface area contributed by atoms with E-state index in [1.54, 1.807) is 12.3 Å². The molecule has 3 N–H and O–H groups in total. The summed E-state index contributed by atoms with van der Waals surface area (Å²) in [7, 11) is 1.54. The van der Waals surface area contributed by atoms with E-state index >= 15 is 0 Å². The maximum absolute atomic E-state index is 5.65. The van der Waals surface area contributed by atoms with E-state index < -0.39 is 0 Å². The highest BCUT2D eigenvalue weighted by molar-refractivity contribution is 14.1. The molecule has 1 aromatic rings. The molecule has 0 saturated carbocycles. The first-order chi connectivity index (χ1) is 5.29. The van der Waals surface area contributed by atoms with Gasteiger partial charge in [-0.05, 0) is 6.07 Å². The van der Waals surface area contributed by atoms with Gasteiger partial charge in [0.15, 0.2) is 0 Å². The Hall–Kier alpha value is -0.720. The summed E-state index contributed by atoms with van der Waals surface area (Å²) in [6.07, 6.45) is 1.64. The quantitative estimate of drug-likeness (QED) is 0.627. The predicted molar refractivity (Wildman–Crippen MR) is 52.8 cm³/mol. The zero-order valence-corrected chi connectivity index (χ0v) is 8.12. The summed E-state index contributed by atoms with van der Waals surface area (Å²) in [4.78, 5) is 3.91. The fourth-order valence-electron chi connectivity index (χ4n) is 0.699. The van der Waals surface area contributed by atoms with Gasteiger partial charge in [-0.25, -0.2) is 4.98 Å². The minimum Gasteiger partial charge on any atom is -0.479 e. The summed E-state index contributed by atoms with van der Waals surface area (Å²) < 4.78 is 7.80. The summed E-state index contributed by atoms with van der Waals surface area (Å²) in [6.45, 7) is 0. The van der Waals surface area contributed by atoms with Gasteiger partial charge in [-0.1, -0.05) is 0 Å². The molecule has 5 heteroatoms. The van der Waals surface area contributed by atoms with Crippen molar-refractivity contribution >= 4 is 34.2 Å². The number of nitrogens with zero attached hydrogens (tertiary/aromatic N) is 1. The minimum absolute atomic E-state index is 0.451. The van der Waals surface area contributed by atoms with Gasteiger partial charge < -0.3 is 14.0 Å². The van der Waals surface area contributed by atoms with Crippen molar-refractivity contribution in [3.05, 3.63) is 12.3 Å². The van der Waals surface area contributed by atoms with Crippen LogP contribution in [0, 0.1) is 0 Å². The molecule has 0 fully saturated rings. The van der Waals surface area contributed by atoms with Gasteiger partial charge in [0.05, 0.1) is 35.7 Å². The number of nitrogens with two attached hydrogens (primary N) is 1. The van der Waals surface area contributed by atoms with Crippen LogP contribution in [0.4, 0.5) is 11.4 Å². The summed E-state index contributed by atoms with van der Waals surface area (Å²) in [6, 6.07) is 1.78. The molecule has 0 aliphatic carbocycles. The number of aromatic nitrogens is 1. The number of nitrogens with one attached hydrogen (secondary N) is 1. The number of halogens is 1. The van der Waals surface area contributed by atoms with Gasteiger partial charge >= 0.3 is 0 Å². The molecule has 4 nitrogen and oxygen atoms in total. The number of methoxy groups -OCH3 is 1. The highest BCUT2D eigenvalue weighted by Gasteiger charge is 2.03. The highest BCUT2D eigenvalue weighted by atomic mass is 127. The summed E-state index contributed by atoms with van der Waals surface area (Å²) in [5.74, 6) is 0.451. The van der Waals surface area contributed by atoms with Crippen LogP contribution in [0.25, 0.3) is 0 Å². The van der Waals surface area contributed by atoms with Gasteiger partial charge in [0, 0.05) is 6.20 Å². The molecular formula is C6H8IN3O. The summed E-state index contributed by atoms with van der Waals surface area (Å²) >= 11 is 2.00. The van der Waals surface area contributed by atoms with Crippen molar-refractivity contribution in [1.29, 1.82) is 0 Å². The average Bonchev–Trinajstić information content (AvgIpc) is 2.05. The van der Waals surface area contributed by atoms with Gasteiger partial charge in [-0.15, -0.1) is 0 Å². The molecule has 60 valence electrons. The van der Waals surface area contributed by atoms with E-state index in [9.17, 15) is 0 Å². The van der Waals surface area contributed by atoms with Gasteiger partial charge in [-0.3, -0.25) is 0 Å². The Labute approximate surface area is 78.6 Å². The molecular weight excluding hydrogens is 257 g/mol. The minimum atomic E-state index is 0.451. The molecule has 0 aromatic carbocycles. The van der Waals surface area contributed by atoms with Gasteiger partial charge in [0.2, 0.25) is 5.88 Å². The predicted octanol–water partition coefficient (Wildman–Crippen LogP) is 1.43. The first-order valence-electron chi connectivity index (χ1n) is 2.94. The van der Waals surface area contributed by atoms with Crippen LogP contribution in [-0.2, 0) is 0 Å². The fourth-order valence-corrected chi connectivity index (χ4v) is 1.17. The smallest absolute Gasteiger partial charge is 0.239 e. The fraction of sp³-hybridized carbons (Fsp3) is 0.167. The lowest BCUT2D eigenvalue weighted by Crippen LogP contribution is -1.97. The van der Waals surface area contributed by atoms with Crippen LogP contribution < -0.4 is 14.0 Å². The molecule has 0 bridgehead atoms. The van der Waals surface area contributed by atoms with E-state index in [0.29, 0.717) is 11.6 Å². The lowest BCUT2D eigenvalue weighted by molar-refractivity contribution is 0.400. The Balaban J connectivity index is 3.10. The third-order valence-electron chi connectivity index (χ3n) is 1.25. The van der Waals surface area contributed by atoms with Crippen LogP contribution in [0.1, 0.15) is 0 Å². The maximum atomic E-state index is 5.65. The Morgan fingerprint density at radius 3 is 3.00 bits per heavy atom. The number of ether oxygens (including phenoxy) is 1. The average molecular weight is 265 g/mol. The number of anilines is 2. The van der Waals surface area contributed by atoms with E-state index in [4.69, 9.17) is 10.5 Å². The first-order valence-corrected chi connectivity index (χ1v) is 4.02. The van der Waals surface area contributed by atoms with Crippen LogP contribution in [0.3, 0.4) is 0 Å². The van der Waals surface area contributed by atoms with Crippen LogP contribution in [-0.4, -0.2) is 12.1 Å². The van der Waals surface area contributed by atoms with Crippen molar-refractivity contribution in [3.63, 3.8) is 0 Å². The molecule has 0 unspecified atom stereocenters. The second-order valence-corrected chi connectivity index (χ2v) is 2.42. The van der Waals surface area contributed by atoms with E-state index in [1.807, 2.05) is 22.9 Å². The Bertz CT molecular complexity index is 231. The zero-order valence-electron chi connectivity index (χ0n) is 5.97. The van der Waals surface area contributed by atoms with E-state index in [-0.39, 0.29) is 0 Å². The van der Waals surface area contributed by atoms with Crippen molar-refractivity contribution in [2.24, 2.45) is 0 Å². The third kappa shape index (κ3) is 1.65. The van der Waals surface area contributed by atoms with Crippen molar-refractivity contribution < 1.29 is 4.74 Å². The van der Waals surface area contributed by atoms with Crippen molar-refractivity contribution in [1.82, 2.24) is 4.98 Å². The number of hydrogen-bond acceptors (Lipinski definition) is 4. The van der Waals surface area contributed by atoms with Crippen LogP contribution in [0.5, 0.6) is 5.88 Å². The molecule has 1 heterocycles. The normalized spacial score (nSPS) is 9.27. The van der Waals surface area contributed by atoms with Gasteiger partial charge in [0.1, 0.15) is 5.69 Å². The maximum Gasteiger partial charge on any atom is 0.239 e. The molecule has 0 radical (unpaired) electrons. The third-order valence-corrected chi connectivity index (χ3v) is 1.83. The van der Waals surface area contributed by atoms with E-state index in [1.165, 1.54) is 7.11 Å². The van der Waals surface area contributed by atoms with Crippen molar-refractivity contribution in [2.75, 3.05) is 16.4 Å². The van der Waals surface area contributed by atoms with Gasteiger partial charge in [-0.2, -0.15) is 0 Å². The Morgan fingerprint density at radius 1 is 1.73 bits per heavy atom. The molecule has 1 aromatic heterocycles. The Kier molecular flexibility index (Phi) is 2.75. The summed E-state index contributed by atoms with van der Waals surface area (Å²) in [5, 5.41) is 0. The number of nitrogen functional groups attached to an aromatic ring is 1. The van der Waals surface area contributed by atoms with Crippen molar-refractivity contribution in [3.8, 4) is 5.88 Å². The molecule has 0 amide bonds. The van der Waals surface area contributed by atoms with Crippen LogP contribution in [0.2, 0.25) is 0 Å². The van der Waals surface area contributed by atoms with Crippen LogP contribution >= 0.6 is 22.9 Å². The SMILES string of the molecule is COc1nccc(NI)c1N. The molecule has 0 saturated heterocycles. The topological polar surface area (TPSA) is 60.2 Å². The van der Waals surface area contributed by atoms with Crippen LogP contribution in [0.15, 0.2) is 12.3 Å². The van der Waals surface area contributed by atoms with Crippen molar-refractivity contribution in [2.45, 2.75) is 0 Å². The van der Waals surface area contributed by atoms with E-state index in [2.05, 4.69) is 8.51 Å². The summed E-state index contributed by atoms with van der Waals surface area (Å²) in [5.41, 5.74) is 7.00. The standard InChI is InChI=1S/C6H8IN3O/c1-11-6-5(8)4(10-7)2-3-9-6/h2-3H,8H2,1H3,(H,9,10). The lowest BCUT2D eigenvalue weighted by atomic mass is 10.3. The molecule has 0 atom stereocenters. The second kappa shape index (κ2) is 3.61. The van der Waals surface area contributed by atoms with E-state index in [0.717, 1.165) is 5.69 Å². The molecule has 0 aliphatic heterocycles. The monoisotopic (exact) mass is 265 g/mol. The number of rotatable bonds is 2. The molecule has 11 heavy (non-hydrogen) atoms. The number of hydrogen-bond donors (Lipinski definition) is 2. The molecule has 1 rings (SSSR count).